The second kappa shape index (κ2) is 12.2. The summed E-state index contributed by atoms with van der Waals surface area (Å²) in [4.78, 5) is 36.8. The molecule has 4 rings (SSSR count). The van der Waals surface area contributed by atoms with Gasteiger partial charge in [0.1, 0.15) is 18.1 Å². The van der Waals surface area contributed by atoms with Crippen molar-refractivity contribution >= 4 is 52.2 Å². The summed E-state index contributed by atoms with van der Waals surface area (Å²) in [6.45, 7) is 0.399. The number of hydrogen-bond donors (Lipinski definition) is 2. The van der Waals surface area contributed by atoms with Gasteiger partial charge in [0.05, 0.1) is 17.9 Å². The van der Waals surface area contributed by atoms with E-state index >= 15 is 0 Å². The number of aliphatic carboxylic acids is 1. The zero-order valence-electron chi connectivity index (χ0n) is 19.5. The van der Waals surface area contributed by atoms with Crippen molar-refractivity contribution in [2.75, 3.05) is 6.61 Å². The fraction of sp³-hybridized carbons (Fsp3) is 0.111. The molecule has 3 aromatic rings. The summed E-state index contributed by atoms with van der Waals surface area (Å²) < 4.78 is 11.5. The van der Waals surface area contributed by atoms with Gasteiger partial charge in [0, 0.05) is 11.1 Å². The number of amides is 2. The molecule has 3 aromatic carbocycles. The van der Waals surface area contributed by atoms with Gasteiger partial charge in [-0.3, -0.25) is 19.8 Å². The predicted octanol–water partition coefficient (Wildman–Crippen LogP) is 4.67. The fourth-order valence-electron chi connectivity index (χ4n) is 3.29. The SMILES string of the molecule is O=C(O)CCOc1ccccc1/C=C1/SC(=S)N(NC(=O)c2ccc(OCc3ccccc3)cc2)C1=O. The number of thiocarbonyl (C=S) groups is 1. The summed E-state index contributed by atoms with van der Waals surface area (Å²) in [5.41, 5.74) is 4.51. The minimum absolute atomic E-state index is 0.00666. The monoisotopic (exact) mass is 534 g/mol. The van der Waals surface area contributed by atoms with Crippen molar-refractivity contribution in [3.05, 3.63) is 100 Å². The third-order valence-electron chi connectivity index (χ3n) is 5.15. The summed E-state index contributed by atoms with van der Waals surface area (Å²) in [7, 11) is 0. The van der Waals surface area contributed by atoms with E-state index in [0.717, 1.165) is 22.3 Å². The van der Waals surface area contributed by atoms with Crippen LogP contribution < -0.4 is 14.9 Å². The number of nitrogens with one attached hydrogen (secondary N) is 1. The summed E-state index contributed by atoms with van der Waals surface area (Å²) in [5, 5.41) is 9.85. The van der Waals surface area contributed by atoms with Crippen LogP contribution in [-0.4, -0.2) is 38.8 Å². The first-order valence-corrected chi connectivity index (χ1v) is 12.4. The Morgan fingerprint density at radius 3 is 2.41 bits per heavy atom. The average molecular weight is 535 g/mol. The number of hydrogen-bond acceptors (Lipinski definition) is 7. The number of thioether (sulfide) groups is 1. The van der Waals surface area contributed by atoms with Crippen LogP contribution in [0.15, 0.2) is 83.8 Å². The Morgan fingerprint density at radius 1 is 0.973 bits per heavy atom. The number of nitrogens with zero attached hydrogens (tertiary/aromatic N) is 1. The Hall–Kier alpha value is -4.15. The van der Waals surface area contributed by atoms with E-state index in [2.05, 4.69) is 5.43 Å². The van der Waals surface area contributed by atoms with Crippen molar-refractivity contribution in [1.29, 1.82) is 0 Å². The molecule has 0 saturated carbocycles. The van der Waals surface area contributed by atoms with Crippen molar-refractivity contribution in [2.24, 2.45) is 0 Å². The number of ether oxygens (including phenoxy) is 2. The van der Waals surface area contributed by atoms with E-state index in [-0.39, 0.29) is 17.3 Å². The van der Waals surface area contributed by atoms with Gasteiger partial charge in [-0.2, -0.15) is 5.01 Å². The molecule has 0 unspecified atom stereocenters. The fourth-order valence-corrected chi connectivity index (χ4v) is 4.46. The molecule has 1 saturated heterocycles. The average Bonchev–Trinajstić information content (AvgIpc) is 3.16. The largest absolute Gasteiger partial charge is 0.492 e. The highest BCUT2D eigenvalue weighted by atomic mass is 32.2. The van der Waals surface area contributed by atoms with Gasteiger partial charge in [0.2, 0.25) is 0 Å². The number of rotatable bonds is 10. The summed E-state index contributed by atoms with van der Waals surface area (Å²) >= 11 is 6.35. The molecule has 188 valence electrons. The minimum atomic E-state index is -0.969. The Kier molecular flexibility index (Phi) is 8.55. The van der Waals surface area contributed by atoms with E-state index in [4.69, 9.17) is 26.8 Å². The van der Waals surface area contributed by atoms with Crippen LogP contribution >= 0.6 is 24.0 Å². The zero-order valence-corrected chi connectivity index (χ0v) is 21.1. The lowest BCUT2D eigenvalue weighted by Crippen LogP contribution is -2.44. The number of carbonyl (C=O) groups excluding carboxylic acids is 2. The molecule has 1 fully saturated rings. The Bertz CT molecular complexity index is 1340. The van der Waals surface area contributed by atoms with Crippen molar-refractivity contribution < 1.29 is 29.0 Å². The maximum atomic E-state index is 13.0. The molecule has 0 atom stereocenters. The number of benzene rings is 3. The molecular formula is C27H22N2O6S2. The van der Waals surface area contributed by atoms with Gasteiger partial charge < -0.3 is 14.6 Å². The van der Waals surface area contributed by atoms with Crippen molar-refractivity contribution in [3.63, 3.8) is 0 Å². The second-order valence-corrected chi connectivity index (χ2v) is 9.46. The van der Waals surface area contributed by atoms with E-state index in [9.17, 15) is 14.4 Å². The number of carboxylic acid groups (broad SMARTS) is 1. The number of hydrazine groups is 1. The molecular weight excluding hydrogens is 512 g/mol. The van der Waals surface area contributed by atoms with Crippen molar-refractivity contribution in [3.8, 4) is 11.5 Å². The van der Waals surface area contributed by atoms with E-state index in [1.165, 1.54) is 0 Å². The molecule has 1 aliphatic heterocycles. The summed E-state index contributed by atoms with van der Waals surface area (Å²) in [6, 6.07) is 23.2. The summed E-state index contributed by atoms with van der Waals surface area (Å²) in [6.07, 6.45) is 1.45. The summed E-state index contributed by atoms with van der Waals surface area (Å²) in [5.74, 6) is -0.898. The topological polar surface area (TPSA) is 105 Å². The minimum Gasteiger partial charge on any atom is -0.492 e. The first-order chi connectivity index (χ1) is 17.9. The van der Waals surface area contributed by atoms with Crippen LogP contribution in [-0.2, 0) is 16.2 Å². The van der Waals surface area contributed by atoms with E-state index < -0.39 is 17.8 Å². The molecule has 2 amide bonds. The number of carboxylic acids is 1. The Labute approximate surface area is 222 Å². The lowest BCUT2D eigenvalue weighted by molar-refractivity contribution is -0.137. The number of carbonyl (C=O) groups is 3. The van der Waals surface area contributed by atoms with Gasteiger partial charge in [0.15, 0.2) is 4.32 Å². The van der Waals surface area contributed by atoms with Crippen LogP contribution in [0.1, 0.15) is 27.9 Å². The molecule has 8 nitrogen and oxygen atoms in total. The zero-order chi connectivity index (χ0) is 26.2. The van der Waals surface area contributed by atoms with Crippen LogP contribution in [0, 0.1) is 0 Å². The molecule has 37 heavy (non-hydrogen) atoms. The van der Waals surface area contributed by atoms with Crippen LogP contribution in [0.4, 0.5) is 0 Å². The molecule has 0 bridgehead atoms. The smallest absolute Gasteiger partial charge is 0.306 e. The first kappa shape index (κ1) is 25.9. The van der Waals surface area contributed by atoms with Gasteiger partial charge in [-0.1, -0.05) is 60.3 Å². The molecule has 0 aromatic heterocycles. The third-order valence-corrected chi connectivity index (χ3v) is 6.45. The highest BCUT2D eigenvalue weighted by Gasteiger charge is 2.34. The molecule has 1 heterocycles. The second-order valence-electron chi connectivity index (χ2n) is 7.79. The van der Waals surface area contributed by atoms with Gasteiger partial charge in [-0.15, -0.1) is 0 Å². The lowest BCUT2D eigenvalue weighted by Gasteiger charge is -2.16. The molecule has 1 aliphatic rings. The van der Waals surface area contributed by atoms with Gasteiger partial charge >= 0.3 is 5.97 Å². The van der Waals surface area contributed by atoms with Gasteiger partial charge in [-0.25, -0.2) is 0 Å². The molecule has 0 spiro atoms. The van der Waals surface area contributed by atoms with E-state index in [1.54, 1.807) is 54.6 Å². The third kappa shape index (κ3) is 6.96. The van der Waals surface area contributed by atoms with Crippen molar-refractivity contribution in [2.45, 2.75) is 13.0 Å². The first-order valence-electron chi connectivity index (χ1n) is 11.2. The molecule has 0 aliphatic carbocycles. The van der Waals surface area contributed by atoms with Gasteiger partial charge in [-0.05, 0) is 54.2 Å². The van der Waals surface area contributed by atoms with E-state index in [1.807, 2.05) is 30.3 Å². The normalized spacial score (nSPS) is 14.1. The Balaban J connectivity index is 1.38. The number of para-hydroxylation sites is 1. The quantitative estimate of drug-likeness (QED) is 0.286. The maximum Gasteiger partial charge on any atom is 0.306 e. The Morgan fingerprint density at radius 2 is 1.68 bits per heavy atom. The van der Waals surface area contributed by atoms with Crippen LogP contribution in [0.3, 0.4) is 0 Å². The van der Waals surface area contributed by atoms with Crippen LogP contribution in [0.5, 0.6) is 11.5 Å². The van der Waals surface area contributed by atoms with Crippen molar-refractivity contribution in [1.82, 2.24) is 10.4 Å². The molecule has 10 heteroatoms. The highest BCUT2D eigenvalue weighted by Crippen LogP contribution is 2.33. The predicted molar refractivity (Wildman–Crippen MR) is 144 cm³/mol. The molecule has 0 radical (unpaired) electrons. The maximum absolute atomic E-state index is 13.0. The highest BCUT2D eigenvalue weighted by molar-refractivity contribution is 8.26. The van der Waals surface area contributed by atoms with Crippen LogP contribution in [0.25, 0.3) is 6.08 Å². The van der Waals surface area contributed by atoms with Crippen LogP contribution in [0.2, 0.25) is 0 Å². The van der Waals surface area contributed by atoms with Gasteiger partial charge in [0.25, 0.3) is 11.8 Å². The standard InChI is InChI=1S/C27H22N2O6S2/c30-24(31)14-15-34-22-9-5-4-8-20(22)16-23-26(33)29(27(36)37-23)28-25(32)19-10-12-21(13-11-19)35-17-18-6-2-1-3-7-18/h1-13,16H,14-15,17H2,(H,28,32)(H,30,31)/b23-16+. The lowest BCUT2D eigenvalue weighted by atomic mass is 10.2. The molecule has 2 N–H and O–H groups in total. The van der Waals surface area contributed by atoms with E-state index in [0.29, 0.717) is 34.1 Å².